The largest absolute Gasteiger partial charge is 0.436 e. The van der Waals surface area contributed by atoms with E-state index in [-0.39, 0.29) is 6.61 Å². The Morgan fingerprint density at radius 3 is 2.73 bits per heavy atom. The molecule has 0 amide bonds. The first kappa shape index (κ1) is 14.9. The number of hydrogen-bond donors (Lipinski definition) is 1. The molecule has 1 fully saturated rings. The van der Waals surface area contributed by atoms with E-state index in [2.05, 4.69) is 19.9 Å². The minimum Gasteiger partial charge on any atom is -0.436 e. The highest BCUT2D eigenvalue weighted by Crippen LogP contribution is 2.33. The molecule has 0 aliphatic carbocycles. The van der Waals surface area contributed by atoms with Crippen LogP contribution in [0.3, 0.4) is 0 Å². The lowest BCUT2D eigenvalue weighted by Gasteiger charge is -2.31. The maximum atomic E-state index is 9.02. The summed E-state index contributed by atoms with van der Waals surface area (Å²) in [5.41, 5.74) is 0.912. The van der Waals surface area contributed by atoms with E-state index >= 15 is 0 Å². The molecule has 0 spiro atoms. The fraction of sp³-hybridized carbons (Fsp3) is 0.438. The van der Waals surface area contributed by atoms with Gasteiger partial charge in [0.2, 0.25) is 5.88 Å². The number of ether oxygens (including phenoxy) is 1. The van der Waals surface area contributed by atoms with E-state index in [9.17, 15) is 0 Å². The van der Waals surface area contributed by atoms with Crippen LogP contribution in [-0.4, -0.2) is 51.2 Å². The standard InChI is InChI=1S/C16H20N4O2/c21-11-10-20-8-3-13(4-9-20)15-16(19-7-6-18-15)22-14-2-1-5-17-12-14/h1-2,5-7,12-13,21H,3-4,8-11H2. The molecule has 1 N–H and O–H groups in total. The third-order valence-electron chi connectivity index (χ3n) is 3.93. The average molecular weight is 300 g/mol. The van der Waals surface area contributed by atoms with Gasteiger partial charge in [0.05, 0.1) is 12.8 Å². The van der Waals surface area contributed by atoms with Crippen LogP contribution in [0.2, 0.25) is 0 Å². The van der Waals surface area contributed by atoms with Crippen LogP contribution < -0.4 is 4.74 Å². The van der Waals surface area contributed by atoms with Gasteiger partial charge in [0.1, 0.15) is 11.4 Å². The second-order valence-electron chi connectivity index (χ2n) is 5.38. The van der Waals surface area contributed by atoms with Crippen LogP contribution in [0.4, 0.5) is 0 Å². The summed E-state index contributed by atoms with van der Waals surface area (Å²) in [7, 11) is 0. The number of β-amino-alcohol motifs (C(OH)–C–C–N with tert-alkyl or cyclic N) is 1. The third-order valence-corrected chi connectivity index (χ3v) is 3.93. The van der Waals surface area contributed by atoms with E-state index in [0.29, 0.717) is 17.5 Å². The summed E-state index contributed by atoms with van der Waals surface area (Å²) in [6.07, 6.45) is 8.75. The zero-order valence-electron chi connectivity index (χ0n) is 12.4. The zero-order valence-corrected chi connectivity index (χ0v) is 12.4. The molecule has 3 rings (SSSR count). The van der Waals surface area contributed by atoms with Crippen molar-refractivity contribution in [3.05, 3.63) is 42.6 Å². The molecule has 116 valence electrons. The predicted molar refractivity (Wildman–Crippen MR) is 81.8 cm³/mol. The molecule has 6 nitrogen and oxygen atoms in total. The molecule has 0 radical (unpaired) electrons. The number of likely N-dealkylation sites (tertiary alicyclic amines) is 1. The average Bonchev–Trinajstić information content (AvgIpc) is 2.58. The van der Waals surface area contributed by atoms with Crippen molar-refractivity contribution in [2.45, 2.75) is 18.8 Å². The molecular weight excluding hydrogens is 280 g/mol. The lowest BCUT2D eigenvalue weighted by Crippen LogP contribution is -2.35. The predicted octanol–water partition coefficient (Wildman–Crippen LogP) is 1.84. The van der Waals surface area contributed by atoms with Crippen LogP contribution in [0.15, 0.2) is 36.9 Å². The van der Waals surface area contributed by atoms with Gasteiger partial charge >= 0.3 is 0 Å². The van der Waals surface area contributed by atoms with Crippen molar-refractivity contribution in [2.75, 3.05) is 26.2 Å². The van der Waals surface area contributed by atoms with Crippen LogP contribution in [0.1, 0.15) is 24.5 Å². The van der Waals surface area contributed by atoms with Gasteiger partial charge in [-0.2, -0.15) is 0 Å². The number of nitrogens with zero attached hydrogens (tertiary/aromatic N) is 4. The Bertz CT molecular complexity index is 586. The van der Waals surface area contributed by atoms with Crippen LogP contribution in [0.25, 0.3) is 0 Å². The highest BCUT2D eigenvalue weighted by Gasteiger charge is 2.24. The summed E-state index contributed by atoms with van der Waals surface area (Å²) in [4.78, 5) is 15.2. The lowest BCUT2D eigenvalue weighted by atomic mass is 9.93. The van der Waals surface area contributed by atoms with Crippen LogP contribution in [0, 0.1) is 0 Å². The Hall–Kier alpha value is -2.05. The molecule has 0 unspecified atom stereocenters. The maximum Gasteiger partial charge on any atom is 0.241 e. The van der Waals surface area contributed by atoms with Crippen molar-refractivity contribution in [1.82, 2.24) is 19.9 Å². The van der Waals surface area contributed by atoms with Crippen LogP contribution in [0.5, 0.6) is 11.6 Å². The summed E-state index contributed by atoms with van der Waals surface area (Å²) in [5.74, 6) is 1.58. The Labute approximate surface area is 129 Å². The first-order valence-corrected chi connectivity index (χ1v) is 7.59. The monoisotopic (exact) mass is 300 g/mol. The SMILES string of the molecule is OCCN1CCC(c2nccnc2Oc2cccnc2)CC1. The third kappa shape index (κ3) is 3.58. The number of piperidine rings is 1. The molecule has 1 aliphatic rings. The number of hydrogen-bond acceptors (Lipinski definition) is 6. The number of aromatic nitrogens is 3. The normalized spacial score (nSPS) is 16.6. The number of pyridine rings is 1. The first-order chi connectivity index (χ1) is 10.9. The van der Waals surface area contributed by atoms with Crippen molar-refractivity contribution < 1.29 is 9.84 Å². The molecule has 6 heteroatoms. The van der Waals surface area contributed by atoms with Gasteiger partial charge < -0.3 is 14.7 Å². The topological polar surface area (TPSA) is 71.4 Å². The Morgan fingerprint density at radius 1 is 1.18 bits per heavy atom. The molecular formula is C16H20N4O2. The summed E-state index contributed by atoms with van der Waals surface area (Å²) in [6.45, 7) is 2.89. The van der Waals surface area contributed by atoms with Gasteiger partial charge in [-0.1, -0.05) is 0 Å². The van der Waals surface area contributed by atoms with Crippen molar-refractivity contribution in [3.63, 3.8) is 0 Å². The van der Waals surface area contributed by atoms with E-state index in [4.69, 9.17) is 9.84 Å². The minimum atomic E-state index is 0.213. The number of aliphatic hydroxyl groups excluding tert-OH is 1. The molecule has 2 aromatic heterocycles. The summed E-state index contributed by atoms with van der Waals surface area (Å²) >= 11 is 0. The van der Waals surface area contributed by atoms with E-state index in [0.717, 1.165) is 38.2 Å². The number of rotatable bonds is 5. The van der Waals surface area contributed by atoms with Crippen LogP contribution >= 0.6 is 0 Å². The fourth-order valence-electron chi connectivity index (χ4n) is 2.79. The van der Waals surface area contributed by atoms with Crippen molar-refractivity contribution in [3.8, 4) is 11.6 Å². The highest BCUT2D eigenvalue weighted by molar-refractivity contribution is 5.28. The summed E-state index contributed by atoms with van der Waals surface area (Å²) in [5, 5.41) is 9.02. The molecule has 1 aliphatic heterocycles. The van der Waals surface area contributed by atoms with Gasteiger partial charge in [-0.05, 0) is 38.1 Å². The minimum absolute atomic E-state index is 0.213. The molecule has 22 heavy (non-hydrogen) atoms. The second-order valence-corrected chi connectivity index (χ2v) is 5.38. The highest BCUT2D eigenvalue weighted by atomic mass is 16.5. The summed E-state index contributed by atoms with van der Waals surface area (Å²) < 4.78 is 5.85. The van der Waals surface area contributed by atoms with E-state index in [1.165, 1.54) is 0 Å². The quantitative estimate of drug-likeness (QED) is 0.908. The first-order valence-electron chi connectivity index (χ1n) is 7.59. The molecule has 3 heterocycles. The maximum absolute atomic E-state index is 9.02. The van der Waals surface area contributed by atoms with Gasteiger partial charge in [-0.3, -0.25) is 9.97 Å². The smallest absolute Gasteiger partial charge is 0.241 e. The molecule has 0 bridgehead atoms. The summed E-state index contributed by atoms with van der Waals surface area (Å²) in [6, 6.07) is 3.69. The molecule has 0 saturated carbocycles. The second kappa shape index (κ2) is 7.29. The van der Waals surface area contributed by atoms with Gasteiger partial charge in [0, 0.05) is 31.1 Å². The fourth-order valence-corrected chi connectivity index (χ4v) is 2.79. The van der Waals surface area contributed by atoms with Gasteiger partial charge in [-0.25, -0.2) is 4.98 Å². The van der Waals surface area contributed by atoms with Crippen molar-refractivity contribution >= 4 is 0 Å². The lowest BCUT2D eigenvalue weighted by molar-refractivity contribution is 0.163. The van der Waals surface area contributed by atoms with Gasteiger partial charge in [0.25, 0.3) is 0 Å². The van der Waals surface area contributed by atoms with E-state index in [1.807, 2.05) is 12.1 Å². The van der Waals surface area contributed by atoms with Gasteiger partial charge in [-0.15, -0.1) is 0 Å². The molecule has 0 aromatic carbocycles. The molecule has 2 aromatic rings. The molecule has 1 saturated heterocycles. The van der Waals surface area contributed by atoms with E-state index < -0.39 is 0 Å². The zero-order chi connectivity index (χ0) is 15.2. The Kier molecular flexibility index (Phi) is 4.92. The Morgan fingerprint density at radius 2 is 2.00 bits per heavy atom. The van der Waals surface area contributed by atoms with Crippen molar-refractivity contribution in [2.24, 2.45) is 0 Å². The van der Waals surface area contributed by atoms with Gasteiger partial charge in [0.15, 0.2) is 0 Å². The van der Waals surface area contributed by atoms with Crippen molar-refractivity contribution in [1.29, 1.82) is 0 Å². The van der Waals surface area contributed by atoms with Crippen LogP contribution in [-0.2, 0) is 0 Å². The number of aliphatic hydroxyl groups is 1. The van der Waals surface area contributed by atoms with E-state index in [1.54, 1.807) is 24.8 Å². The Balaban J connectivity index is 1.72. The molecule has 0 atom stereocenters.